The molecule has 4 N–H and O–H groups in total. The topological polar surface area (TPSA) is 92.4 Å². The second-order valence-corrected chi connectivity index (χ2v) is 5.43. The number of nitrogens with one attached hydrogen (secondary N) is 1. The fraction of sp³-hybridized carbons (Fsp3) is 0.455. The third-order valence-electron chi connectivity index (χ3n) is 2.47. The predicted octanol–water partition coefficient (Wildman–Crippen LogP) is 0.367. The minimum absolute atomic E-state index is 0.0169. The van der Waals surface area contributed by atoms with Crippen molar-refractivity contribution in [2.75, 3.05) is 13.2 Å². The van der Waals surface area contributed by atoms with Gasteiger partial charge in [-0.15, -0.1) is 0 Å². The van der Waals surface area contributed by atoms with E-state index >= 15 is 0 Å². The van der Waals surface area contributed by atoms with Crippen LogP contribution in [-0.2, 0) is 10.0 Å². The number of aliphatic hydroxyl groups excluding tert-OH is 1. The molecule has 0 aromatic heterocycles. The van der Waals surface area contributed by atoms with Crippen LogP contribution in [0.4, 0.5) is 0 Å². The van der Waals surface area contributed by atoms with E-state index in [2.05, 4.69) is 5.32 Å². The standard InChI is InChI=1S/C11H18N2O3S/c1-9(13-6-3-7-14)10-4-2-5-11(8-10)17(12,15)16/h2,4-5,8-9,13-14H,3,6-7H2,1H3,(H2,12,15,16). The van der Waals surface area contributed by atoms with Gasteiger partial charge in [0, 0.05) is 12.6 Å². The Kier molecular flexibility index (Phi) is 5.07. The molecule has 1 aromatic rings. The first kappa shape index (κ1) is 14.1. The zero-order chi connectivity index (χ0) is 12.9. The summed E-state index contributed by atoms with van der Waals surface area (Å²) >= 11 is 0. The molecule has 5 nitrogen and oxygen atoms in total. The lowest BCUT2D eigenvalue weighted by Gasteiger charge is -2.14. The van der Waals surface area contributed by atoms with Crippen molar-refractivity contribution < 1.29 is 13.5 Å². The van der Waals surface area contributed by atoms with Crippen molar-refractivity contribution in [3.05, 3.63) is 29.8 Å². The van der Waals surface area contributed by atoms with Crippen molar-refractivity contribution in [2.24, 2.45) is 5.14 Å². The highest BCUT2D eigenvalue weighted by molar-refractivity contribution is 7.89. The van der Waals surface area contributed by atoms with Crippen LogP contribution >= 0.6 is 0 Å². The Morgan fingerprint density at radius 3 is 2.76 bits per heavy atom. The molecule has 0 spiro atoms. The number of nitrogens with two attached hydrogens (primary N) is 1. The molecule has 0 fully saturated rings. The molecule has 17 heavy (non-hydrogen) atoms. The fourth-order valence-electron chi connectivity index (χ4n) is 1.48. The van der Waals surface area contributed by atoms with E-state index in [1.54, 1.807) is 12.1 Å². The van der Waals surface area contributed by atoms with E-state index < -0.39 is 10.0 Å². The molecule has 0 aliphatic carbocycles. The number of sulfonamides is 1. The number of benzene rings is 1. The molecule has 0 heterocycles. The highest BCUT2D eigenvalue weighted by Crippen LogP contribution is 2.16. The molecule has 1 aromatic carbocycles. The smallest absolute Gasteiger partial charge is 0.238 e. The maximum Gasteiger partial charge on any atom is 0.238 e. The highest BCUT2D eigenvalue weighted by Gasteiger charge is 2.10. The lowest BCUT2D eigenvalue weighted by Crippen LogP contribution is -2.21. The number of rotatable bonds is 6. The molecule has 1 unspecified atom stereocenters. The van der Waals surface area contributed by atoms with Crippen LogP contribution in [-0.4, -0.2) is 26.7 Å². The average Bonchev–Trinajstić information content (AvgIpc) is 2.28. The van der Waals surface area contributed by atoms with Gasteiger partial charge in [0.2, 0.25) is 10.0 Å². The van der Waals surface area contributed by atoms with Gasteiger partial charge >= 0.3 is 0 Å². The Labute approximate surface area is 102 Å². The van der Waals surface area contributed by atoms with Crippen LogP contribution in [0, 0.1) is 0 Å². The molecule has 96 valence electrons. The third-order valence-corrected chi connectivity index (χ3v) is 3.38. The van der Waals surface area contributed by atoms with Gasteiger partial charge in [-0.05, 0) is 37.6 Å². The lowest BCUT2D eigenvalue weighted by molar-refractivity contribution is 0.284. The Morgan fingerprint density at radius 1 is 1.47 bits per heavy atom. The van der Waals surface area contributed by atoms with Gasteiger partial charge in [-0.3, -0.25) is 0 Å². The second kappa shape index (κ2) is 6.11. The third kappa shape index (κ3) is 4.43. The summed E-state index contributed by atoms with van der Waals surface area (Å²) in [5, 5.41) is 16.9. The highest BCUT2D eigenvalue weighted by atomic mass is 32.2. The number of primary sulfonamides is 1. The minimum atomic E-state index is -3.65. The molecule has 0 radical (unpaired) electrons. The fourth-order valence-corrected chi connectivity index (χ4v) is 2.04. The molecule has 0 amide bonds. The van der Waals surface area contributed by atoms with Gasteiger partial charge in [0.05, 0.1) is 4.90 Å². The van der Waals surface area contributed by atoms with E-state index in [1.807, 2.05) is 13.0 Å². The van der Waals surface area contributed by atoms with E-state index in [1.165, 1.54) is 6.07 Å². The van der Waals surface area contributed by atoms with Crippen molar-refractivity contribution >= 4 is 10.0 Å². The van der Waals surface area contributed by atoms with Crippen LogP contribution in [0.2, 0.25) is 0 Å². The van der Waals surface area contributed by atoms with E-state index in [4.69, 9.17) is 10.2 Å². The summed E-state index contributed by atoms with van der Waals surface area (Å²) in [4.78, 5) is 0.116. The Balaban J connectivity index is 2.78. The normalized spacial score (nSPS) is 13.6. The Bertz CT molecular complexity index is 460. The Hall–Kier alpha value is -0.950. The van der Waals surface area contributed by atoms with Gasteiger partial charge in [-0.25, -0.2) is 13.6 Å². The van der Waals surface area contributed by atoms with Gasteiger partial charge in [0.15, 0.2) is 0 Å². The maximum absolute atomic E-state index is 11.2. The molecule has 0 aliphatic rings. The molecule has 1 rings (SSSR count). The molecular formula is C11H18N2O3S. The molecule has 0 saturated carbocycles. The number of aliphatic hydroxyl groups is 1. The SMILES string of the molecule is CC(NCCCO)c1cccc(S(N)(=O)=O)c1. The van der Waals surface area contributed by atoms with Gasteiger partial charge in [0.25, 0.3) is 0 Å². The van der Waals surface area contributed by atoms with Crippen molar-refractivity contribution in [1.82, 2.24) is 5.32 Å². The summed E-state index contributed by atoms with van der Waals surface area (Å²) in [7, 11) is -3.65. The van der Waals surface area contributed by atoms with Crippen LogP contribution in [0.25, 0.3) is 0 Å². The first-order valence-corrected chi connectivity index (χ1v) is 6.97. The summed E-state index contributed by atoms with van der Waals surface area (Å²) in [6, 6.07) is 6.55. The molecule has 0 saturated heterocycles. The lowest BCUT2D eigenvalue weighted by atomic mass is 10.1. The van der Waals surface area contributed by atoms with E-state index in [0.29, 0.717) is 13.0 Å². The quantitative estimate of drug-likeness (QED) is 0.643. The zero-order valence-electron chi connectivity index (χ0n) is 9.76. The second-order valence-electron chi connectivity index (χ2n) is 3.87. The van der Waals surface area contributed by atoms with Gasteiger partial charge < -0.3 is 10.4 Å². The molecule has 1 atom stereocenters. The van der Waals surface area contributed by atoms with Crippen LogP contribution in [0.15, 0.2) is 29.2 Å². The molecular weight excluding hydrogens is 240 g/mol. The van der Waals surface area contributed by atoms with Crippen LogP contribution in [0.5, 0.6) is 0 Å². The first-order valence-electron chi connectivity index (χ1n) is 5.42. The van der Waals surface area contributed by atoms with Gasteiger partial charge in [-0.2, -0.15) is 0 Å². The summed E-state index contributed by atoms with van der Waals surface area (Å²) in [6.45, 7) is 2.74. The zero-order valence-corrected chi connectivity index (χ0v) is 10.6. The van der Waals surface area contributed by atoms with Gasteiger partial charge in [-0.1, -0.05) is 12.1 Å². The van der Waals surface area contributed by atoms with Crippen molar-refractivity contribution in [3.63, 3.8) is 0 Å². The largest absolute Gasteiger partial charge is 0.396 e. The van der Waals surface area contributed by atoms with Crippen LogP contribution in [0.1, 0.15) is 24.9 Å². The van der Waals surface area contributed by atoms with Crippen LogP contribution < -0.4 is 10.5 Å². The molecule has 6 heteroatoms. The summed E-state index contributed by atoms with van der Waals surface area (Å²) in [6.07, 6.45) is 0.666. The predicted molar refractivity (Wildman–Crippen MR) is 65.9 cm³/mol. The maximum atomic E-state index is 11.2. The van der Waals surface area contributed by atoms with Crippen molar-refractivity contribution in [3.8, 4) is 0 Å². The number of hydrogen-bond acceptors (Lipinski definition) is 4. The minimum Gasteiger partial charge on any atom is -0.396 e. The monoisotopic (exact) mass is 258 g/mol. The average molecular weight is 258 g/mol. The number of hydrogen-bond donors (Lipinski definition) is 3. The molecule has 0 aliphatic heterocycles. The van der Waals surface area contributed by atoms with E-state index in [9.17, 15) is 8.42 Å². The Morgan fingerprint density at radius 2 is 2.18 bits per heavy atom. The summed E-state index contributed by atoms with van der Waals surface area (Å²) in [5.74, 6) is 0. The van der Waals surface area contributed by atoms with Crippen LogP contribution in [0.3, 0.4) is 0 Å². The van der Waals surface area contributed by atoms with Gasteiger partial charge in [0.1, 0.15) is 0 Å². The first-order chi connectivity index (χ1) is 7.95. The van der Waals surface area contributed by atoms with E-state index in [-0.39, 0.29) is 17.5 Å². The van der Waals surface area contributed by atoms with E-state index in [0.717, 1.165) is 5.56 Å². The van der Waals surface area contributed by atoms with Crippen molar-refractivity contribution in [2.45, 2.75) is 24.3 Å². The summed E-state index contributed by atoms with van der Waals surface area (Å²) in [5.41, 5.74) is 0.856. The van der Waals surface area contributed by atoms with Crippen molar-refractivity contribution in [1.29, 1.82) is 0 Å². The summed E-state index contributed by atoms with van der Waals surface area (Å²) < 4.78 is 22.4. The molecule has 0 bridgehead atoms.